The van der Waals surface area contributed by atoms with E-state index < -0.39 is 24.0 Å². The first-order valence-electron chi connectivity index (χ1n) is 7.20. The number of carboxylic acids is 1. The quantitative estimate of drug-likeness (QED) is 0.717. The summed E-state index contributed by atoms with van der Waals surface area (Å²) in [4.78, 5) is 36.4. The molecule has 3 N–H and O–H groups in total. The number of amides is 3. The van der Waals surface area contributed by atoms with Crippen LogP contribution >= 0.6 is 0 Å². The number of nitrogens with zero attached hydrogens (tertiary/aromatic N) is 1. The van der Waals surface area contributed by atoms with Crippen molar-refractivity contribution in [1.82, 2.24) is 15.5 Å². The predicted octanol–water partition coefficient (Wildman–Crippen LogP) is 0.796. The Morgan fingerprint density at radius 1 is 1.29 bits per heavy atom. The summed E-state index contributed by atoms with van der Waals surface area (Å²) in [6.07, 6.45) is 1.24. The number of nitrogens with one attached hydrogen (secondary N) is 2. The normalized spacial score (nSPS) is 20.6. The van der Waals surface area contributed by atoms with Crippen LogP contribution in [0, 0.1) is 5.92 Å². The number of aliphatic carboxylic acids is 1. The summed E-state index contributed by atoms with van der Waals surface area (Å²) in [5.74, 6) is -1.67. The Morgan fingerprint density at radius 2 is 1.90 bits per heavy atom. The maximum atomic E-state index is 12.1. The molecule has 0 spiro atoms. The average Bonchev–Trinajstić information content (AvgIpc) is 2.36. The van der Waals surface area contributed by atoms with Crippen molar-refractivity contribution < 1.29 is 19.5 Å². The minimum Gasteiger partial charge on any atom is -0.481 e. The van der Waals surface area contributed by atoms with Crippen LogP contribution in [0.2, 0.25) is 0 Å². The first-order valence-corrected chi connectivity index (χ1v) is 7.20. The summed E-state index contributed by atoms with van der Waals surface area (Å²) in [5, 5.41) is 14.4. The summed E-state index contributed by atoms with van der Waals surface area (Å²) in [6.45, 7) is 7.90. The van der Waals surface area contributed by atoms with Crippen molar-refractivity contribution in [3.8, 4) is 0 Å². The fraction of sp³-hybridized carbons (Fsp3) is 0.786. The minimum atomic E-state index is -0.883. The van der Waals surface area contributed by atoms with Gasteiger partial charge in [0.2, 0.25) is 5.91 Å². The molecule has 1 aliphatic heterocycles. The SMILES string of the molecule is CC(NC(=O)N1CCC[C@@H](C(=O)O)C1)C(=O)NC(C)(C)C. The van der Waals surface area contributed by atoms with Crippen LogP contribution in [0.15, 0.2) is 0 Å². The number of likely N-dealkylation sites (tertiary alicyclic amines) is 1. The molecule has 1 fully saturated rings. The lowest BCUT2D eigenvalue weighted by atomic mass is 9.99. The number of carboxylic acid groups (broad SMARTS) is 1. The largest absolute Gasteiger partial charge is 0.481 e. The zero-order chi connectivity index (χ0) is 16.2. The van der Waals surface area contributed by atoms with E-state index in [1.165, 1.54) is 4.90 Å². The highest BCUT2D eigenvalue weighted by Crippen LogP contribution is 2.16. The molecular formula is C14H25N3O4. The Bertz CT molecular complexity index is 417. The van der Waals surface area contributed by atoms with Crippen LogP contribution in [0.1, 0.15) is 40.5 Å². The first kappa shape index (κ1) is 17.3. The molecule has 120 valence electrons. The Morgan fingerprint density at radius 3 is 2.43 bits per heavy atom. The molecule has 0 aromatic rings. The van der Waals surface area contributed by atoms with Crippen molar-refractivity contribution >= 4 is 17.9 Å². The van der Waals surface area contributed by atoms with Crippen molar-refractivity contribution in [3.63, 3.8) is 0 Å². The fourth-order valence-corrected chi connectivity index (χ4v) is 2.18. The molecule has 1 rings (SSSR count). The van der Waals surface area contributed by atoms with Gasteiger partial charge in [-0.2, -0.15) is 0 Å². The highest BCUT2D eigenvalue weighted by Gasteiger charge is 2.29. The van der Waals surface area contributed by atoms with Crippen molar-refractivity contribution in [2.24, 2.45) is 5.92 Å². The lowest BCUT2D eigenvalue weighted by molar-refractivity contribution is -0.143. The van der Waals surface area contributed by atoms with Crippen LogP contribution in [0.3, 0.4) is 0 Å². The molecule has 0 radical (unpaired) electrons. The molecule has 1 unspecified atom stereocenters. The molecule has 0 aliphatic carbocycles. The van der Waals surface area contributed by atoms with E-state index in [9.17, 15) is 14.4 Å². The van der Waals surface area contributed by atoms with Gasteiger partial charge in [0.15, 0.2) is 0 Å². The Kier molecular flexibility index (Phi) is 5.57. The van der Waals surface area contributed by atoms with E-state index in [4.69, 9.17) is 5.11 Å². The van der Waals surface area contributed by atoms with Gasteiger partial charge in [-0.15, -0.1) is 0 Å². The standard InChI is InChI=1S/C14H25N3O4/c1-9(11(18)16-14(2,3)4)15-13(21)17-7-5-6-10(8-17)12(19)20/h9-10H,5-8H2,1-4H3,(H,15,21)(H,16,18)(H,19,20)/t9?,10-/m1/s1. The van der Waals surface area contributed by atoms with Crippen LogP contribution in [-0.2, 0) is 9.59 Å². The van der Waals surface area contributed by atoms with E-state index in [2.05, 4.69) is 10.6 Å². The lowest BCUT2D eigenvalue weighted by Gasteiger charge is -2.32. The first-order chi connectivity index (χ1) is 9.60. The van der Waals surface area contributed by atoms with Crippen LogP contribution in [-0.4, -0.2) is 52.6 Å². The molecule has 1 heterocycles. The second-order valence-corrected chi connectivity index (χ2v) is 6.53. The van der Waals surface area contributed by atoms with Crippen LogP contribution in [0.5, 0.6) is 0 Å². The zero-order valence-electron chi connectivity index (χ0n) is 13.1. The van der Waals surface area contributed by atoms with E-state index in [1.807, 2.05) is 20.8 Å². The van der Waals surface area contributed by atoms with Crippen molar-refractivity contribution in [1.29, 1.82) is 0 Å². The second-order valence-electron chi connectivity index (χ2n) is 6.53. The maximum absolute atomic E-state index is 12.1. The van der Waals surface area contributed by atoms with Crippen molar-refractivity contribution in [3.05, 3.63) is 0 Å². The molecule has 0 aromatic carbocycles. The van der Waals surface area contributed by atoms with Gasteiger partial charge in [0, 0.05) is 18.6 Å². The summed E-state index contributed by atoms with van der Waals surface area (Å²) in [6, 6.07) is -1.06. The van der Waals surface area contributed by atoms with Gasteiger partial charge in [-0.05, 0) is 40.5 Å². The number of piperidine rings is 1. The highest BCUT2D eigenvalue weighted by atomic mass is 16.4. The summed E-state index contributed by atoms with van der Waals surface area (Å²) in [7, 11) is 0. The molecule has 1 aliphatic rings. The number of rotatable bonds is 3. The second kappa shape index (κ2) is 6.78. The average molecular weight is 299 g/mol. The molecule has 1 saturated heterocycles. The van der Waals surface area contributed by atoms with E-state index in [-0.39, 0.29) is 18.0 Å². The third-order valence-corrected chi connectivity index (χ3v) is 3.29. The van der Waals surface area contributed by atoms with Gasteiger partial charge < -0.3 is 20.6 Å². The number of hydrogen-bond acceptors (Lipinski definition) is 3. The molecule has 7 nitrogen and oxygen atoms in total. The van der Waals surface area contributed by atoms with Gasteiger partial charge >= 0.3 is 12.0 Å². The molecule has 0 saturated carbocycles. The Balaban J connectivity index is 2.52. The smallest absolute Gasteiger partial charge is 0.318 e. The van der Waals surface area contributed by atoms with Gasteiger partial charge in [0.1, 0.15) is 6.04 Å². The van der Waals surface area contributed by atoms with E-state index in [0.717, 1.165) is 0 Å². The summed E-state index contributed by atoms with van der Waals surface area (Å²) < 4.78 is 0. The van der Waals surface area contributed by atoms with Gasteiger partial charge in [-0.1, -0.05) is 0 Å². The third-order valence-electron chi connectivity index (χ3n) is 3.29. The molecule has 0 aromatic heterocycles. The van der Waals surface area contributed by atoms with E-state index >= 15 is 0 Å². The lowest BCUT2D eigenvalue weighted by Crippen LogP contribution is -2.55. The van der Waals surface area contributed by atoms with Crippen LogP contribution in [0.4, 0.5) is 4.79 Å². The van der Waals surface area contributed by atoms with E-state index in [0.29, 0.717) is 19.4 Å². The molecule has 2 atom stereocenters. The van der Waals surface area contributed by atoms with Crippen LogP contribution < -0.4 is 10.6 Å². The Labute approximate surface area is 125 Å². The fourth-order valence-electron chi connectivity index (χ4n) is 2.18. The number of carbonyl (C=O) groups is 3. The number of hydrogen-bond donors (Lipinski definition) is 3. The van der Waals surface area contributed by atoms with Gasteiger partial charge in [0.05, 0.1) is 5.92 Å². The molecule has 7 heteroatoms. The summed E-state index contributed by atoms with van der Waals surface area (Å²) in [5.41, 5.74) is -0.365. The van der Waals surface area contributed by atoms with Crippen molar-refractivity contribution in [2.75, 3.05) is 13.1 Å². The monoisotopic (exact) mass is 299 g/mol. The van der Waals surface area contributed by atoms with Gasteiger partial charge in [-0.25, -0.2) is 4.79 Å². The molecule has 3 amide bonds. The van der Waals surface area contributed by atoms with Crippen LogP contribution in [0.25, 0.3) is 0 Å². The van der Waals surface area contributed by atoms with E-state index in [1.54, 1.807) is 6.92 Å². The predicted molar refractivity (Wildman–Crippen MR) is 77.8 cm³/mol. The number of carbonyl (C=O) groups excluding carboxylic acids is 2. The van der Waals surface area contributed by atoms with Gasteiger partial charge in [0.25, 0.3) is 0 Å². The third kappa shape index (κ3) is 5.61. The van der Waals surface area contributed by atoms with Gasteiger partial charge in [-0.3, -0.25) is 9.59 Å². The topological polar surface area (TPSA) is 98.7 Å². The zero-order valence-corrected chi connectivity index (χ0v) is 13.1. The number of urea groups is 1. The molecule has 21 heavy (non-hydrogen) atoms. The maximum Gasteiger partial charge on any atom is 0.318 e. The summed E-state index contributed by atoms with van der Waals surface area (Å²) >= 11 is 0. The minimum absolute atomic E-state index is 0.189. The van der Waals surface area contributed by atoms with Crippen molar-refractivity contribution in [2.45, 2.75) is 52.1 Å². The Hall–Kier alpha value is -1.79. The molecular weight excluding hydrogens is 274 g/mol. The highest BCUT2D eigenvalue weighted by molar-refractivity contribution is 5.87. The molecule has 0 bridgehead atoms.